The van der Waals surface area contributed by atoms with Crippen molar-refractivity contribution in [2.45, 2.75) is 45.1 Å². The lowest BCUT2D eigenvalue weighted by atomic mass is 9.71. The zero-order valence-corrected chi connectivity index (χ0v) is 10.6. The highest BCUT2D eigenvalue weighted by Crippen LogP contribution is 2.47. The van der Waals surface area contributed by atoms with Crippen LogP contribution in [0.15, 0.2) is 12.1 Å². The van der Waals surface area contributed by atoms with Crippen LogP contribution in [-0.4, -0.2) is 5.11 Å². The van der Waals surface area contributed by atoms with Crippen LogP contribution in [0.3, 0.4) is 0 Å². The van der Waals surface area contributed by atoms with Crippen LogP contribution in [0.5, 0.6) is 0 Å². The standard InChI is InChI=1S/C12H17ClOS/c1-12(7-3-2-4-8-12)11(14)9-5-6-10(13)15-9/h5-6,11,14H,2-4,7-8H2,1H3. The van der Waals surface area contributed by atoms with E-state index in [0.717, 1.165) is 22.1 Å². The predicted molar refractivity (Wildman–Crippen MR) is 65.5 cm³/mol. The van der Waals surface area contributed by atoms with Gasteiger partial charge in [0.05, 0.1) is 10.4 Å². The fourth-order valence-corrected chi connectivity index (χ4v) is 3.68. The first-order valence-electron chi connectivity index (χ1n) is 5.55. The molecule has 1 heterocycles. The fourth-order valence-electron chi connectivity index (χ4n) is 2.45. The van der Waals surface area contributed by atoms with Gasteiger partial charge in [0.1, 0.15) is 0 Å². The molecule has 1 unspecified atom stereocenters. The lowest BCUT2D eigenvalue weighted by Gasteiger charge is -2.37. The predicted octanol–water partition coefficient (Wildman–Crippen LogP) is 4.41. The smallest absolute Gasteiger partial charge is 0.0935 e. The van der Waals surface area contributed by atoms with Crippen LogP contribution in [0.1, 0.15) is 50.0 Å². The highest BCUT2D eigenvalue weighted by Gasteiger charge is 2.35. The Hall–Kier alpha value is -0.0500. The van der Waals surface area contributed by atoms with Gasteiger partial charge >= 0.3 is 0 Å². The van der Waals surface area contributed by atoms with Crippen molar-refractivity contribution in [2.24, 2.45) is 5.41 Å². The van der Waals surface area contributed by atoms with Crippen molar-refractivity contribution in [3.05, 3.63) is 21.3 Å². The molecule has 1 aromatic heterocycles. The number of hydrogen-bond donors (Lipinski definition) is 1. The number of aliphatic hydroxyl groups excluding tert-OH is 1. The quantitative estimate of drug-likeness (QED) is 0.817. The lowest BCUT2D eigenvalue weighted by Crippen LogP contribution is -2.27. The summed E-state index contributed by atoms with van der Waals surface area (Å²) in [5, 5.41) is 10.4. The Morgan fingerprint density at radius 2 is 2.00 bits per heavy atom. The van der Waals surface area contributed by atoms with E-state index in [1.807, 2.05) is 12.1 Å². The monoisotopic (exact) mass is 244 g/mol. The second kappa shape index (κ2) is 4.44. The van der Waals surface area contributed by atoms with Gasteiger partial charge in [0.25, 0.3) is 0 Å². The molecule has 0 bridgehead atoms. The largest absolute Gasteiger partial charge is 0.387 e. The second-order valence-corrected chi connectivity index (χ2v) is 6.51. The molecule has 15 heavy (non-hydrogen) atoms. The summed E-state index contributed by atoms with van der Waals surface area (Å²) in [4.78, 5) is 1.02. The molecule has 2 rings (SSSR count). The Kier molecular flexibility index (Phi) is 3.39. The number of halogens is 1. The molecule has 1 N–H and O–H groups in total. The van der Waals surface area contributed by atoms with Crippen molar-refractivity contribution >= 4 is 22.9 Å². The summed E-state index contributed by atoms with van der Waals surface area (Å²) in [6.07, 6.45) is 5.72. The topological polar surface area (TPSA) is 20.2 Å². The summed E-state index contributed by atoms with van der Waals surface area (Å²) in [5.74, 6) is 0. The van der Waals surface area contributed by atoms with E-state index >= 15 is 0 Å². The maximum Gasteiger partial charge on any atom is 0.0935 e. The maximum atomic E-state index is 10.4. The van der Waals surface area contributed by atoms with Gasteiger partial charge in [-0.3, -0.25) is 0 Å². The molecule has 1 aromatic rings. The van der Waals surface area contributed by atoms with Crippen LogP contribution < -0.4 is 0 Å². The third kappa shape index (κ3) is 2.38. The first-order chi connectivity index (χ1) is 7.12. The molecule has 0 amide bonds. The van der Waals surface area contributed by atoms with Gasteiger partial charge in [-0.25, -0.2) is 0 Å². The molecule has 0 spiro atoms. The minimum atomic E-state index is -0.338. The number of hydrogen-bond acceptors (Lipinski definition) is 2. The van der Waals surface area contributed by atoms with Crippen LogP contribution in [-0.2, 0) is 0 Å². The highest BCUT2D eigenvalue weighted by molar-refractivity contribution is 7.16. The summed E-state index contributed by atoms with van der Waals surface area (Å²) >= 11 is 7.40. The Bertz CT molecular complexity index is 328. The number of rotatable bonds is 2. The normalized spacial score (nSPS) is 22.6. The van der Waals surface area contributed by atoms with Crippen molar-refractivity contribution in [3.8, 4) is 0 Å². The van der Waals surface area contributed by atoms with Gasteiger partial charge in [0, 0.05) is 4.88 Å². The van der Waals surface area contributed by atoms with Gasteiger partial charge in [-0.1, -0.05) is 37.8 Å². The van der Waals surface area contributed by atoms with Crippen LogP contribution in [0.4, 0.5) is 0 Å². The first-order valence-corrected chi connectivity index (χ1v) is 6.75. The molecule has 0 aliphatic heterocycles. The zero-order valence-electron chi connectivity index (χ0n) is 9.00. The van der Waals surface area contributed by atoms with Crippen molar-refractivity contribution in [3.63, 3.8) is 0 Å². The van der Waals surface area contributed by atoms with E-state index in [4.69, 9.17) is 11.6 Å². The second-order valence-electron chi connectivity index (χ2n) is 4.76. The van der Waals surface area contributed by atoms with Gasteiger partial charge in [-0.15, -0.1) is 11.3 Å². The van der Waals surface area contributed by atoms with Crippen LogP contribution >= 0.6 is 22.9 Å². The molecular formula is C12H17ClOS. The zero-order chi connectivity index (χ0) is 10.9. The van der Waals surface area contributed by atoms with Gasteiger partial charge in [0.2, 0.25) is 0 Å². The molecule has 1 aliphatic rings. The summed E-state index contributed by atoms with van der Waals surface area (Å²) < 4.78 is 0.767. The van der Waals surface area contributed by atoms with E-state index < -0.39 is 0 Å². The van der Waals surface area contributed by atoms with Crippen molar-refractivity contribution < 1.29 is 5.11 Å². The molecule has 84 valence electrons. The minimum Gasteiger partial charge on any atom is -0.387 e. The van der Waals surface area contributed by atoms with E-state index in [-0.39, 0.29) is 11.5 Å². The molecular weight excluding hydrogens is 228 g/mol. The Labute approximate surface area is 100 Å². The van der Waals surface area contributed by atoms with E-state index in [9.17, 15) is 5.11 Å². The highest BCUT2D eigenvalue weighted by atomic mass is 35.5. The molecule has 1 aliphatic carbocycles. The summed E-state index contributed by atoms with van der Waals surface area (Å²) in [5.41, 5.74) is 0.0619. The summed E-state index contributed by atoms with van der Waals surface area (Å²) in [7, 11) is 0. The van der Waals surface area contributed by atoms with Gasteiger partial charge in [-0.2, -0.15) is 0 Å². The number of thiophene rings is 1. The van der Waals surface area contributed by atoms with Crippen LogP contribution in [0, 0.1) is 5.41 Å². The third-order valence-corrected chi connectivity index (χ3v) is 4.80. The van der Waals surface area contributed by atoms with E-state index in [2.05, 4.69) is 6.92 Å². The lowest BCUT2D eigenvalue weighted by molar-refractivity contribution is 0.0107. The van der Waals surface area contributed by atoms with Crippen molar-refractivity contribution in [2.75, 3.05) is 0 Å². The summed E-state index contributed by atoms with van der Waals surface area (Å²) in [6, 6.07) is 3.83. The van der Waals surface area contributed by atoms with Crippen molar-refractivity contribution in [1.29, 1.82) is 0 Å². The molecule has 1 nitrogen and oxygen atoms in total. The molecule has 0 saturated heterocycles. The SMILES string of the molecule is CC1(C(O)c2ccc(Cl)s2)CCCCC1. The number of aliphatic hydroxyl groups is 1. The Morgan fingerprint density at radius 3 is 2.53 bits per heavy atom. The Balaban J connectivity index is 2.15. The first kappa shape index (κ1) is 11.4. The average Bonchev–Trinajstić information content (AvgIpc) is 2.65. The molecule has 1 fully saturated rings. The fraction of sp³-hybridized carbons (Fsp3) is 0.667. The van der Waals surface area contributed by atoms with Crippen LogP contribution in [0.25, 0.3) is 0 Å². The molecule has 0 radical (unpaired) electrons. The Morgan fingerprint density at radius 1 is 1.33 bits per heavy atom. The van der Waals surface area contributed by atoms with Crippen LogP contribution in [0.2, 0.25) is 4.34 Å². The molecule has 1 saturated carbocycles. The van der Waals surface area contributed by atoms with Gasteiger partial charge in [-0.05, 0) is 30.4 Å². The molecule has 0 aromatic carbocycles. The van der Waals surface area contributed by atoms with Gasteiger partial charge in [0.15, 0.2) is 0 Å². The molecule has 1 atom stereocenters. The minimum absolute atomic E-state index is 0.0619. The maximum absolute atomic E-state index is 10.4. The van der Waals surface area contributed by atoms with E-state index in [1.54, 1.807) is 0 Å². The molecule has 3 heteroatoms. The summed E-state index contributed by atoms with van der Waals surface area (Å²) in [6.45, 7) is 2.20. The third-order valence-electron chi connectivity index (χ3n) is 3.52. The average molecular weight is 245 g/mol. The van der Waals surface area contributed by atoms with E-state index in [1.165, 1.54) is 30.6 Å². The van der Waals surface area contributed by atoms with Crippen molar-refractivity contribution in [1.82, 2.24) is 0 Å². The van der Waals surface area contributed by atoms with Gasteiger partial charge < -0.3 is 5.11 Å². The van der Waals surface area contributed by atoms with E-state index in [0.29, 0.717) is 0 Å².